The van der Waals surface area contributed by atoms with Crippen molar-refractivity contribution in [3.05, 3.63) is 16.1 Å². The third kappa shape index (κ3) is 12.0. The summed E-state index contributed by atoms with van der Waals surface area (Å²) in [5, 5.41) is 9.69. The number of rotatable bonds is 13. The first-order valence-corrected chi connectivity index (χ1v) is 10.2. The molecule has 0 saturated heterocycles. The topological polar surface area (TPSA) is 67.8 Å². The van der Waals surface area contributed by atoms with Gasteiger partial charge in [-0.1, -0.05) is 27.2 Å². The molecular weight excluding hydrogens is 463 g/mol. The minimum absolute atomic E-state index is 0. The second-order valence-corrected chi connectivity index (χ2v) is 6.96. The van der Waals surface area contributed by atoms with Crippen molar-refractivity contribution in [3.8, 4) is 0 Å². The van der Waals surface area contributed by atoms with Gasteiger partial charge in [0.25, 0.3) is 0 Å². The van der Waals surface area contributed by atoms with Gasteiger partial charge in [-0.3, -0.25) is 0 Å². The maximum Gasteiger partial charge on any atom is 0.191 e. The Morgan fingerprint density at radius 2 is 1.88 bits per heavy atom. The zero-order valence-corrected chi connectivity index (χ0v) is 19.7. The summed E-state index contributed by atoms with van der Waals surface area (Å²) in [6.07, 6.45) is 2.28. The smallest absolute Gasteiger partial charge is 0.191 e. The number of nitrogens with zero attached hydrogens (tertiary/aromatic N) is 2. The SMILES string of the molecule is CCCCOCCOCCNC(=NCc1nc(C(C)C)cs1)NCC.I. The number of hydrogen-bond acceptors (Lipinski definition) is 5. The molecule has 0 aliphatic rings. The number of aromatic nitrogens is 1. The molecule has 0 aromatic carbocycles. The summed E-state index contributed by atoms with van der Waals surface area (Å²) >= 11 is 1.67. The summed E-state index contributed by atoms with van der Waals surface area (Å²) in [5.74, 6) is 1.26. The summed E-state index contributed by atoms with van der Waals surface area (Å²) in [4.78, 5) is 9.20. The lowest BCUT2D eigenvalue weighted by Gasteiger charge is -2.11. The van der Waals surface area contributed by atoms with E-state index in [9.17, 15) is 0 Å². The van der Waals surface area contributed by atoms with Gasteiger partial charge in [-0.15, -0.1) is 35.3 Å². The highest BCUT2D eigenvalue weighted by Crippen LogP contribution is 2.18. The third-order valence-electron chi connectivity index (χ3n) is 3.43. The van der Waals surface area contributed by atoms with E-state index >= 15 is 0 Å². The lowest BCUT2D eigenvalue weighted by Crippen LogP contribution is -2.39. The van der Waals surface area contributed by atoms with Crippen LogP contribution in [0.15, 0.2) is 10.4 Å². The third-order valence-corrected chi connectivity index (χ3v) is 4.28. The predicted molar refractivity (Wildman–Crippen MR) is 121 cm³/mol. The van der Waals surface area contributed by atoms with Gasteiger partial charge >= 0.3 is 0 Å². The standard InChI is InChI=1S/C18H34N4O2S.HI/c1-5-7-9-23-11-12-24-10-8-20-18(19-6-2)21-13-17-22-16(14-25-17)15(3)4;/h14-15H,5-13H2,1-4H3,(H2,19,20,21);1H. The molecule has 6 nitrogen and oxygen atoms in total. The lowest BCUT2D eigenvalue weighted by atomic mass is 10.2. The van der Waals surface area contributed by atoms with Gasteiger partial charge in [0.2, 0.25) is 0 Å². The van der Waals surface area contributed by atoms with Crippen LogP contribution in [0, 0.1) is 0 Å². The summed E-state index contributed by atoms with van der Waals surface area (Å²) in [6.45, 7) is 13.4. The Labute approximate surface area is 179 Å². The molecule has 0 unspecified atom stereocenters. The number of thiazole rings is 1. The lowest BCUT2D eigenvalue weighted by molar-refractivity contribution is 0.0487. The monoisotopic (exact) mass is 498 g/mol. The fraction of sp³-hybridized carbons (Fsp3) is 0.778. The van der Waals surface area contributed by atoms with Crippen molar-refractivity contribution in [2.24, 2.45) is 4.99 Å². The molecule has 0 radical (unpaired) electrons. The molecule has 8 heteroatoms. The molecule has 0 spiro atoms. The van der Waals surface area contributed by atoms with Gasteiger partial charge in [-0.25, -0.2) is 9.98 Å². The van der Waals surface area contributed by atoms with Crippen LogP contribution in [0.4, 0.5) is 0 Å². The molecule has 26 heavy (non-hydrogen) atoms. The minimum atomic E-state index is 0. The maximum atomic E-state index is 5.55. The van der Waals surface area contributed by atoms with E-state index in [4.69, 9.17) is 9.47 Å². The Morgan fingerprint density at radius 3 is 2.50 bits per heavy atom. The fourth-order valence-electron chi connectivity index (χ4n) is 1.96. The molecule has 0 amide bonds. The Morgan fingerprint density at radius 1 is 1.15 bits per heavy atom. The quantitative estimate of drug-likeness (QED) is 0.188. The van der Waals surface area contributed by atoms with Gasteiger partial charge in [0.15, 0.2) is 5.96 Å². The first-order chi connectivity index (χ1) is 12.2. The molecule has 0 atom stereocenters. The Bertz CT molecular complexity index is 484. The van der Waals surface area contributed by atoms with Crippen LogP contribution >= 0.6 is 35.3 Å². The molecule has 0 aliphatic heterocycles. The van der Waals surface area contributed by atoms with E-state index in [2.05, 4.69) is 53.7 Å². The molecule has 0 saturated carbocycles. The van der Waals surface area contributed by atoms with Crippen LogP contribution in [0.5, 0.6) is 0 Å². The van der Waals surface area contributed by atoms with E-state index < -0.39 is 0 Å². The molecule has 0 bridgehead atoms. The van der Waals surface area contributed by atoms with Crippen molar-refractivity contribution in [2.45, 2.75) is 53.0 Å². The number of nitrogens with one attached hydrogen (secondary N) is 2. The number of aliphatic imine (C=N–C) groups is 1. The van der Waals surface area contributed by atoms with E-state index in [-0.39, 0.29) is 24.0 Å². The average molecular weight is 498 g/mol. The summed E-state index contributed by atoms with van der Waals surface area (Å²) in [7, 11) is 0. The van der Waals surface area contributed by atoms with Gasteiger partial charge in [-0.05, 0) is 19.3 Å². The second-order valence-electron chi connectivity index (χ2n) is 6.02. The van der Waals surface area contributed by atoms with Crippen molar-refractivity contribution >= 4 is 41.3 Å². The summed E-state index contributed by atoms with van der Waals surface area (Å²) < 4.78 is 11.0. The van der Waals surface area contributed by atoms with Crippen LogP contribution in [0.25, 0.3) is 0 Å². The van der Waals surface area contributed by atoms with Crippen molar-refractivity contribution in [2.75, 3.05) is 39.5 Å². The van der Waals surface area contributed by atoms with Gasteiger partial charge in [0.1, 0.15) is 5.01 Å². The Balaban J connectivity index is 0.00000625. The maximum absolute atomic E-state index is 5.55. The van der Waals surface area contributed by atoms with E-state index in [1.165, 1.54) is 0 Å². The largest absolute Gasteiger partial charge is 0.379 e. The summed E-state index contributed by atoms with van der Waals surface area (Å²) in [6, 6.07) is 0. The van der Waals surface area contributed by atoms with Crippen LogP contribution in [0.1, 0.15) is 57.2 Å². The zero-order valence-electron chi connectivity index (χ0n) is 16.5. The predicted octanol–water partition coefficient (Wildman–Crippen LogP) is 3.77. The van der Waals surface area contributed by atoms with Gasteiger partial charge in [-0.2, -0.15) is 0 Å². The molecule has 0 aliphatic carbocycles. The molecule has 1 aromatic rings. The molecule has 1 rings (SSSR count). The number of unbranched alkanes of at least 4 members (excludes halogenated alkanes) is 1. The fourth-order valence-corrected chi connectivity index (χ4v) is 2.84. The second kappa shape index (κ2) is 16.7. The van der Waals surface area contributed by atoms with E-state index in [1.807, 2.05) is 0 Å². The van der Waals surface area contributed by atoms with Crippen LogP contribution in [0.3, 0.4) is 0 Å². The van der Waals surface area contributed by atoms with Crippen LogP contribution in [0.2, 0.25) is 0 Å². The van der Waals surface area contributed by atoms with Crippen molar-refractivity contribution in [1.29, 1.82) is 0 Å². The normalized spacial score (nSPS) is 11.5. The van der Waals surface area contributed by atoms with E-state index in [1.54, 1.807) is 11.3 Å². The number of hydrogen-bond donors (Lipinski definition) is 2. The number of guanidine groups is 1. The molecular formula is C18H35IN4O2S. The Hall–Kier alpha value is -0.450. The molecule has 0 fully saturated rings. The zero-order chi connectivity index (χ0) is 18.3. The Kier molecular flexibility index (Phi) is 16.4. The van der Waals surface area contributed by atoms with Crippen molar-refractivity contribution in [3.63, 3.8) is 0 Å². The summed E-state index contributed by atoms with van der Waals surface area (Å²) in [5.41, 5.74) is 1.14. The van der Waals surface area contributed by atoms with Gasteiger partial charge < -0.3 is 20.1 Å². The van der Waals surface area contributed by atoms with Gasteiger partial charge in [0, 0.05) is 25.1 Å². The van der Waals surface area contributed by atoms with Crippen LogP contribution < -0.4 is 10.6 Å². The molecule has 2 N–H and O–H groups in total. The molecule has 1 heterocycles. The average Bonchev–Trinajstić information content (AvgIpc) is 3.07. The highest BCUT2D eigenvalue weighted by atomic mass is 127. The first kappa shape index (κ1) is 25.6. The van der Waals surface area contributed by atoms with E-state index in [0.717, 1.165) is 49.2 Å². The highest BCUT2D eigenvalue weighted by Gasteiger charge is 2.05. The number of halogens is 1. The van der Waals surface area contributed by atoms with Crippen molar-refractivity contribution < 1.29 is 9.47 Å². The van der Waals surface area contributed by atoms with Crippen molar-refractivity contribution in [1.82, 2.24) is 15.6 Å². The van der Waals surface area contributed by atoms with Crippen LogP contribution in [-0.4, -0.2) is 50.5 Å². The first-order valence-electron chi connectivity index (χ1n) is 9.29. The van der Waals surface area contributed by atoms with E-state index in [0.29, 0.717) is 32.3 Å². The van der Waals surface area contributed by atoms with Crippen LogP contribution in [-0.2, 0) is 16.0 Å². The highest BCUT2D eigenvalue weighted by molar-refractivity contribution is 14.0. The number of ether oxygens (including phenoxy) is 2. The minimum Gasteiger partial charge on any atom is -0.379 e. The molecule has 152 valence electrons. The van der Waals surface area contributed by atoms with Gasteiger partial charge in [0.05, 0.1) is 32.1 Å². The molecule has 1 aromatic heterocycles.